The van der Waals surface area contributed by atoms with Gasteiger partial charge >= 0.3 is 0 Å². The third-order valence-corrected chi connectivity index (χ3v) is 2.47. The third kappa shape index (κ3) is 2.39. The molecule has 84 valence electrons. The minimum absolute atomic E-state index is 0.0679. The SMILES string of the molecule is NC(=O)c1ccc(C(=O)c2ccccc2)cc1. The van der Waals surface area contributed by atoms with Crippen LogP contribution in [0.2, 0.25) is 0 Å². The molecule has 0 aromatic heterocycles. The van der Waals surface area contributed by atoms with E-state index in [0.717, 1.165) is 0 Å². The third-order valence-electron chi connectivity index (χ3n) is 2.47. The summed E-state index contributed by atoms with van der Waals surface area (Å²) in [6.07, 6.45) is 0. The summed E-state index contributed by atoms with van der Waals surface area (Å²) in [5, 5.41) is 0. The molecule has 0 saturated carbocycles. The van der Waals surface area contributed by atoms with Crippen molar-refractivity contribution in [3.8, 4) is 0 Å². The van der Waals surface area contributed by atoms with E-state index in [4.69, 9.17) is 5.73 Å². The Labute approximate surface area is 98.9 Å². The van der Waals surface area contributed by atoms with Gasteiger partial charge < -0.3 is 5.73 Å². The molecule has 3 heteroatoms. The van der Waals surface area contributed by atoms with E-state index in [0.29, 0.717) is 16.7 Å². The van der Waals surface area contributed by atoms with Gasteiger partial charge in [-0.1, -0.05) is 42.5 Å². The second kappa shape index (κ2) is 4.61. The molecule has 0 atom stereocenters. The van der Waals surface area contributed by atoms with Crippen LogP contribution in [0.5, 0.6) is 0 Å². The average molecular weight is 225 g/mol. The highest BCUT2D eigenvalue weighted by Crippen LogP contribution is 2.10. The number of ketones is 1. The summed E-state index contributed by atoms with van der Waals surface area (Å²) in [7, 11) is 0. The fourth-order valence-electron chi connectivity index (χ4n) is 1.54. The maximum absolute atomic E-state index is 12.0. The minimum Gasteiger partial charge on any atom is -0.366 e. The van der Waals surface area contributed by atoms with Crippen LogP contribution in [-0.2, 0) is 0 Å². The van der Waals surface area contributed by atoms with E-state index in [2.05, 4.69) is 0 Å². The van der Waals surface area contributed by atoms with Gasteiger partial charge in [-0.2, -0.15) is 0 Å². The Morgan fingerprint density at radius 1 is 0.706 bits per heavy atom. The molecule has 1 amide bonds. The molecule has 2 rings (SSSR count). The van der Waals surface area contributed by atoms with Crippen LogP contribution in [0.3, 0.4) is 0 Å². The zero-order valence-corrected chi connectivity index (χ0v) is 9.09. The lowest BCUT2D eigenvalue weighted by Crippen LogP contribution is -2.11. The van der Waals surface area contributed by atoms with Gasteiger partial charge in [0.1, 0.15) is 0 Å². The molecular formula is C14H11NO2. The van der Waals surface area contributed by atoms with Crippen molar-refractivity contribution in [3.63, 3.8) is 0 Å². The molecule has 0 unspecified atom stereocenters. The highest BCUT2D eigenvalue weighted by atomic mass is 16.1. The molecule has 17 heavy (non-hydrogen) atoms. The van der Waals surface area contributed by atoms with Crippen molar-refractivity contribution in [2.75, 3.05) is 0 Å². The van der Waals surface area contributed by atoms with Crippen LogP contribution in [0.1, 0.15) is 26.3 Å². The van der Waals surface area contributed by atoms with Crippen LogP contribution in [0, 0.1) is 0 Å². The molecule has 2 N–H and O–H groups in total. The van der Waals surface area contributed by atoms with Gasteiger partial charge in [0.2, 0.25) is 5.91 Å². The van der Waals surface area contributed by atoms with E-state index in [1.807, 2.05) is 18.2 Å². The normalized spacial score (nSPS) is 9.88. The van der Waals surface area contributed by atoms with Crippen molar-refractivity contribution in [1.82, 2.24) is 0 Å². The van der Waals surface area contributed by atoms with E-state index in [9.17, 15) is 9.59 Å². The standard InChI is InChI=1S/C14H11NO2/c15-14(17)12-8-6-11(7-9-12)13(16)10-4-2-1-3-5-10/h1-9H,(H2,15,17). The average Bonchev–Trinajstić information content (AvgIpc) is 2.39. The van der Waals surface area contributed by atoms with Crippen LogP contribution in [-0.4, -0.2) is 11.7 Å². The van der Waals surface area contributed by atoms with Crippen molar-refractivity contribution >= 4 is 11.7 Å². The number of hydrogen-bond donors (Lipinski definition) is 1. The lowest BCUT2D eigenvalue weighted by atomic mass is 10.0. The molecule has 0 aliphatic heterocycles. The molecule has 0 fully saturated rings. The predicted molar refractivity (Wildman–Crippen MR) is 64.8 cm³/mol. The number of hydrogen-bond acceptors (Lipinski definition) is 2. The summed E-state index contributed by atoms with van der Waals surface area (Å²) in [6.45, 7) is 0. The summed E-state index contributed by atoms with van der Waals surface area (Å²) in [5.74, 6) is -0.565. The van der Waals surface area contributed by atoms with Gasteiger partial charge in [-0.05, 0) is 12.1 Å². The van der Waals surface area contributed by atoms with E-state index < -0.39 is 5.91 Å². The number of amides is 1. The van der Waals surface area contributed by atoms with Gasteiger partial charge in [-0.15, -0.1) is 0 Å². The molecule has 2 aromatic rings. The van der Waals surface area contributed by atoms with Gasteiger partial charge in [-0.3, -0.25) is 9.59 Å². The minimum atomic E-state index is -0.497. The van der Waals surface area contributed by atoms with Crippen molar-refractivity contribution in [1.29, 1.82) is 0 Å². The Morgan fingerprint density at radius 3 is 1.71 bits per heavy atom. The largest absolute Gasteiger partial charge is 0.366 e. The van der Waals surface area contributed by atoms with Crippen LogP contribution < -0.4 is 5.73 Å². The van der Waals surface area contributed by atoms with Crippen molar-refractivity contribution < 1.29 is 9.59 Å². The molecule has 3 nitrogen and oxygen atoms in total. The van der Waals surface area contributed by atoms with Gasteiger partial charge in [-0.25, -0.2) is 0 Å². The topological polar surface area (TPSA) is 60.2 Å². The maximum atomic E-state index is 12.0. The van der Waals surface area contributed by atoms with Crippen LogP contribution in [0.25, 0.3) is 0 Å². The maximum Gasteiger partial charge on any atom is 0.248 e. The highest BCUT2D eigenvalue weighted by Gasteiger charge is 2.08. The Kier molecular flexibility index (Phi) is 3.01. The summed E-state index contributed by atoms with van der Waals surface area (Å²) < 4.78 is 0. The molecule has 2 aromatic carbocycles. The molecule has 0 aliphatic carbocycles. The monoisotopic (exact) mass is 225 g/mol. The molecule has 0 radical (unpaired) electrons. The number of nitrogens with two attached hydrogens (primary N) is 1. The molecule has 0 bridgehead atoms. The van der Waals surface area contributed by atoms with Gasteiger partial charge in [0.05, 0.1) is 0 Å². The second-order valence-electron chi connectivity index (χ2n) is 3.64. The van der Waals surface area contributed by atoms with Gasteiger partial charge in [0.15, 0.2) is 5.78 Å². The van der Waals surface area contributed by atoms with E-state index in [-0.39, 0.29) is 5.78 Å². The summed E-state index contributed by atoms with van der Waals surface area (Å²) >= 11 is 0. The molecular weight excluding hydrogens is 214 g/mol. The molecule has 0 saturated heterocycles. The fourth-order valence-corrected chi connectivity index (χ4v) is 1.54. The van der Waals surface area contributed by atoms with E-state index in [1.54, 1.807) is 36.4 Å². The number of carbonyl (C=O) groups is 2. The van der Waals surface area contributed by atoms with Crippen molar-refractivity contribution in [3.05, 3.63) is 71.3 Å². The van der Waals surface area contributed by atoms with Gasteiger partial charge in [0, 0.05) is 16.7 Å². The second-order valence-corrected chi connectivity index (χ2v) is 3.64. The number of primary amides is 1. The van der Waals surface area contributed by atoms with E-state index in [1.165, 1.54) is 0 Å². The van der Waals surface area contributed by atoms with Crippen molar-refractivity contribution in [2.45, 2.75) is 0 Å². The highest BCUT2D eigenvalue weighted by molar-refractivity contribution is 6.09. The fraction of sp³-hybridized carbons (Fsp3) is 0. The first-order chi connectivity index (χ1) is 8.18. The smallest absolute Gasteiger partial charge is 0.248 e. The first-order valence-corrected chi connectivity index (χ1v) is 5.18. The Morgan fingerprint density at radius 2 is 1.18 bits per heavy atom. The summed E-state index contributed by atoms with van der Waals surface area (Å²) in [4.78, 5) is 22.9. The Balaban J connectivity index is 2.30. The van der Waals surface area contributed by atoms with E-state index >= 15 is 0 Å². The lowest BCUT2D eigenvalue weighted by molar-refractivity contribution is 0.0997. The van der Waals surface area contributed by atoms with Gasteiger partial charge in [0.25, 0.3) is 0 Å². The predicted octanol–water partition coefficient (Wildman–Crippen LogP) is 2.02. The number of carbonyl (C=O) groups excluding carboxylic acids is 2. The zero-order valence-electron chi connectivity index (χ0n) is 9.09. The van der Waals surface area contributed by atoms with Crippen LogP contribution in [0.15, 0.2) is 54.6 Å². The van der Waals surface area contributed by atoms with Crippen LogP contribution in [0.4, 0.5) is 0 Å². The Bertz CT molecular complexity index is 544. The number of rotatable bonds is 3. The molecule has 0 heterocycles. The first kappa shape index (κ1) is 11.1. The van der Waals surface area contributed by atoms with Crippen LogP contribution >= 0.6 is 0 Å². The number of benzene rings is 2. The molecule has 0 aliphatic rings. The zero-order chi connectivity index (χ0) is 12.3. The molecule has 0 spiro atoms. The summed E-state index contributed by atoms with van der Waals surface area (Å²) in [6, 6.07) is 15.3. The quantitative estimate of drug-likeness (QED) is 0.812. The Hall–Kier alpha value is -2.42. The summed E-state index contributed by atoms with van der Waals surface area (Å²) in [5.41, 5.74) is 6.69. The first-order valence-electron chi connectivity index (χ1n) is 5.18. The van der Waals surface area contributed by atoms with Crippen molar-refractivity contribution in [2.24, 2.45) is 5.73 Å². The lowest BCUT2D eigenvalue weighted by Gasteiger charge is -2.01.